The number of aryl methyl sites for hydroxylation is 1. The lowest BCUT2D eigenvalue weighted by Gasteiger charge is -2.25. The molecule has 1 amide bonds. The van der Waals surface area contributed by atoms with Crippen molar-refractivity contribution in [3.8, 4) is 0 Å². The second kappa shape index (κ2) is 6.08. The molecule has 0 fully saturated rings. The van der Waals surface area contributed by atoms with E-state index in [9.17, 15) is 4.79 Å². The minimum absolute atomic E-state index is 0.0181. The highest BCUT2D eigenvalue weighted by molar-refractivity contribution is 5.87. The summed E-state index contributed by atoms with van der Waals surface area (Å²) in [4.78, 5) is 17.1. The zero-order chi connectivity index (χ0) is 15.5. The normalized spacial score (nSPS) is 12.8. The number of carbonyl (C=O) groups is 1. The summed E-state index contributed by atoms with van der Waals surface area (Å²) in [7, 11) is 0. The van der Waals surface area contributed by atoms with Crippen LogP contribution in [0.25, 0.3) is 0 Å². The van der Waals surface area contributed by atoms with Crippen molar-refractivity contribution in [2.24, 2.45) is 0 Å². The standard InChI is InChI=1S/C18H22N2O/c1-13-9-5-6-10-14(13)16(15-11-7-8-12-19-15)17(21)20-18(2,3)4/h5-12,16H,1-4H3,(H,20,21). The zero-order valence-electron chi connectivity index (χ0n) is 13.1. The molecule has 1 unspecified atom stereocenters. The van der Waals surface area contributed by atoms with Crippen molar-refractivity contribution in [1.82, 2.24) is 10.3 Å². The van der Waals surface area contributed by atoms with Gasteiger partial charge in [0.1, 0.15) is 5.92 Å². The first-order chi connectivity index (χ1) is 9.88. The first-order valence-electron chi connectivity index (χ1n) is 7.17. The molecule has 0 spiro atoms. The number of pyridine rings is 1. The van der Waals surface area contributed by atoms with E-state index >= 15 is 0 Å². The summed E-state index contributed by atoms with van der Waals surface area (Å²) in [6.07, 6.45) is 1.73. The molecule has 1 aromatic carbocycles. The summed E-state index contributed by atoms with van der Waals surface area (Å²) in [6, 6.07) is 13.6. The van der Waals surface area contributed by atoms with E-state index in [0.29, 0.717) is 0 Å². The van der Waals surface area contributed by atoms with Gasteiger partial charge in [-0.3, -0.25) is 9.78 Å². The van der Waals surface area contributed by atoms with Crippen molar-refractivity contribution >= 4 is 5.91 Å². The van der Waals surface area contributed by atoms with E-state index < -0.39 is 0 Å². The fourth-order valence-electron chi connectivity index (χ4n) is 2.33. The van der Waals surface area contributed by atoms with Gasteiger partial charge in [0.2, 0.25) is 5.91 Å². The molecule has 110 valence electrons. The highest BCUT2D eigenvalue weighted by atomic mass is 16.2. The average Bonchev–Trinajstić information content (AvgIpc) is 2.40. The van der Waals surface area contributed by atoms with Gasteiger partial charge in [-0.05, 0) is 51.0 Å². The molecule has 0 saturated carbocycles. The van der Waals surface area contributed by atoms with Gasteiger partial charge in [-0.2, -0.15) is 0 Å². The predicted octanol–water partition coefficient (Wildman–Crippen LogP) is 3.44. The summed E-state index contributed by atoms with van der Waals surface area (Å²) in [5.41, 5.74) is 2.59. The lowest BCUT2D eigenvalue weighted by atomic mass is 9.90. The summed E-state index contributed by atoms with van der Waals surface area (Å²) < 4.78 is 0. The first kappa shape index (κ1) is 15.2. The van der Waals surface area contributed by atoms with E-state index in [2.05, 4.69) is 10.3 Å². The van der Waals surface area contributed by atoms with Crippen molar-refractivity contribution in [2.75, 3.05) is 0 Å². The Morgan fingerprint density at radius 2 is 1.76 bits per heavy atom. The van der Waals surface area contributed by atoms with Gasteiger partial charge in [-0.25, -0.2) is 0 Å². The molecule has 3 nitrogen and oxygen atoms in total. The van der Waals surface area contributed by atoms with Crippen LogP contribution in [-0.4, -0.2) is 16.4 Å². The molecule has 1 aromatic heterocycles. The molecule has 0 radical (unpaired) electrons. The molecule has 1 atom stereocenters. The van der Waals surface area contributed by atoms with Crippen LogP contribution < -0.4 is 5.32 Å². The average molecular weight is 282 g/mol. The Morgan fingerprint density at radius 3 is 2.33 bits per heavy atom. The molecular weight excluding hydrogens is 260 g/mol. The SMILES string of the molecule is Cc1ccccc1C(C(=O)NC(C)(C)C)c1ccccn1. The molecule has 1 heterocycles. The number of aromatic nitrogens is 1. The number of hydrogen-bond acceptors (Lipinski definition) is 2. The Balaban J connectivity index is 2.46. The highest BCUT2D eigenvalue weighted by Gasteiger charge is 2.27. The van der Waals surface area contributed by atoms with Gasteiger partial charge in [0, 0.05) is 11.7 Å². The Labute approximate surface area is 126 Å². The maximum atomic E-state index is 12.8. The number of hydrogen-bond donors (Lipinski definition) is 1. The molecule has 0 bridgehead atoms. The van der Waals surface area contributed by atoms with E-state index in [-0.39, 0.29) is 17.4 Å². The largest absolute Gasteiger partial charge is 0.351 e. The van der Waals surface area contributed by atoms with Crippen molar-refractivity contribution in [1.29, 1.82) is 0 Å². The van der Waals surface area contributed by atoms with Gasteiger partial charge >= 0.3 is 0 Å². The second-order valence-electron chi connectivity index (χ2n) is 6.28. The van der Waals surface area contributed by atoms with Gasteiger partial charge in [-0.15, -0.1) is 0 Å². The quantitative estimate of drug-likeness (QED) is 0.937. The number of carbonyl (C=O) groups excluding carboxylic acids is 1. The van der Waals surface area contributed by atoms with Crippen LogP contribution in [0.1, 0.15) is 43.5 Å². The highest BCUT2D eigenvalue weighted by Crippen LogP contribution is 2.26. The Kier molecular flexibility index (Phi) is 4.41. The van der Waals surface area contributed by atoms with Crippen LogP contribution in [0, 0.1) is 6.92 Å². The van der Waals surface area contributed by atoms with E-state index in [1.807, 2.05) is 70.2 Å². The van der Waals surface area contributed by atoms with Crippen LogP contribution in [0.3, 0.4) is 0 Å². The first-order valence-corrected chi connectivity index (χ1v) is 7.17. The lowest BCUT2D eigenvalue weighted by molar-refractivity contribution is -0.123. The fourth-order valence-corrected chi connectivity index (χ4v) is 2.33. The van der Waals surface area contributed by atoms with E-state index in [1.54, 1.807) is 6.20 Å². The number of amides is 1. The number of rotatable bonds is 3. The monoisotopic (exact) mass is 282 g/mol. The number of nitrogens with zero attached hydrogens (tertiary/aromatic N) is 1. The van der Waals surface area contributed by atoms with Crippen LogP contribution in [-0.2, 0) is 4.79 Å². The molecule has 0 aliphatic heterocycles. The van der Waals surface area contributed by atoms with Crippen molar-refractivity contribution < 1.29 is 4.79 Å². The van der Waals surface area contributed by atoms with Crippen LogP contribution in [0.15, 0.2) is 48.7 Å². The maximum Gasteiger partial charge on any atom is 0.234 e. The van der Waals surface area contributed by atoms with E-state index in [0.717, 1.165) is 16.8 Å². The molecule has 3 heteroatoms. The van der Waals surface area contributed by atoms with Crippen LogP contribution in [0.5, 0.6) is 0 Å². The van der Waals surface area contributed by atoms with Gasteiger partial charge in [0.15, 0.2) is 0 Å². The van der Waals surface area contributed by atoms with Crippen molar-refractivity contribution in [2.45, 2.75) is 39.2 Å². The topological polar surface area (TPSA) is 42.0 Å². The van der Waals surface area contributed by atoms with Crippen LogP contribution in [0.4, 0.5) is 0 Å². The van der Waals surface area contributed by atoms with Crippen molar-refractivity contribution in [3.63, 3.8) is 0 Å². The maximum absolute atomic E-state index is 12.8. The summed E-state index contributed by atoms with van der Waals surface area (Å²) in [5.74, 6) is -0.401. The Morgan fingerprint density at radius 1 is 1.10 bits per heavy atom. The summed E-state index contributed by atoms with van der Waals surface area (Å²) in [6.45, 7) is 7.98. The molecule has 21 heavy (non-hydrogen) atoms. The van der Waals surface area contributed by atoms with Crippen LogP contribution >= 0.6 is 0 Å². The number of benzene rings is 1. The molecular formula is C18H22N2O. The second-order valence-corrected chi connectivity index (χ2v) is 6.28. The molecule has 2 aromatic rings. The predicted molar refractivity (Wildman–Crippen MR) is 85.2 cm³/mol. The van der Waals surface area contributed by atoms with E-state index in [4.69, 9.17) is 0 Å². The fraction of sp³-hybridized carbons (Fsp3) is 0.333. The minimum Gasteiger partial charge on any atom is -0.351 e. The van der Waals surface area contributed by atoms with Gasteiger partial charge < -0.3 is 5.32 Å². The molecule has 2 rings (SSSR count). The van der Waals surface area contributed by atoms with Gasteiger partial charge in [-0.1, -0.05) is 30.3 Å². The Bertz CT molecular complexity index is 615. The third-order valence-corrected chi connectivity index (χ3v) is 3.24. The zero-order valence-corrected chi connectivity index (χ0v) is 13.1. The Hall–Kier alpha value is -2.16. The molecule has 0 aliphatic carbocycles. The van der Waals surface area contributed by atoms with Crippen molar-refractivity contribution in [3.05, 3.63) is 65.5 Å². The summed E-state index contributed by atoms with van der Waals surface area (Å²) in [5, 5.41) is 3.06. The van der Waals surface area contributed by atoms with Crippen LogP contribution in [0.2, 0.25) is 0 Å². The molecule has 0 saturated heterocycles. The third kappa shape index (κ3) is 3.91. The van der Waals surface area contributed by atoms with E-state index in [1.165, 1.54) is 0 Å². The summed E-state index contributed by atoms with van der Waals surface area (Å²) >= 11 is 0. The third-order valence-electron chi connectivity index (χ3n) is 3.24. The van der Waals surface area contributed by atoms with Gasteiger partial charge in [0.05, 0.1) is 5.69 Å². The molecule has 0 aliphatic rings. The lowest BCUT2D eigenvalue weighted by Crippen LogP contribution is -2.43. The minimum atomic E-state index is -0.383. The molecule has 1 N–H and O–H groups in total. The van der Waals surface area contributed by atoms with Gasteiger partial charge in [0.25, 0.3) is 0 Å². The number of nitrogens with one attached hydrogen (secondary N) is 1. The smallest absolute Gasteiger partial charge is 0.234 e.